The van der Waals surface area contributed by atoms with Gasteiger partial charge in [-0.2, -0.15) is 0 Å². The van der Waals surface area contributed by atoms with Gasteiger partial charge in [0, 0.05) is 18.7 Å². The summed E-state index contributed by atoms with van der Waals surface area (Å²) >= 11 is 0. The molecule has 1 heterocycles. The highest BCUT2D eigenvalue weighted by atomic mass is 16.5. The molecule has 3 rings (SSSR count). The topological polar surface area (TPSA) is 70.1 Å². The number of amides is 1. The molecule has 0 saturated carbocycles. The molecule has 0 spiro atoms. The standard InChI is InChI=1S/C24H28N2O4/c1-4-16-30-19-12-10-17(11-13-19)21-20(22(27)18-8-6-5-7-9-18)23(28)24(29)26(21)15-14-25(2)3/h5-13,21,27H,4,14-16H2,1-3H3/b22-20+/t21-/m0/s1. The van der Waals surface area contributed by atoms with Crippen LogP contribution in [0.3, 0.4) is 0 Å². The molecule has 0 bridgehead atoms. The van der Waals surface area contributed by atoms with E-state index in [1.165, 1.54) is 0 Å². The van der Waals surface area contributed by atoms with E-state index in [-0.39, 0.29) is 11.3 Å². The highest BCUT2D eigenvalue weighted by molar-refractivity contribution is 6.46. The van der Waals surface area contributed by atoms with Crippen molar-refractivity contribution in [3.8, 4) is 5.75 Å². The Kier molecular flexibility index (Phi) is 6.90. The zero-order chi connectivity index (χ0) is 21.7. The smallest absolute Gasteiger partial charge is 0.295 e. The molecule has 2 aromatic rings. The number of carbonyl (C=O) groups is 2. The molecular weight excluding hydrogens is 380 g/mol. The molecule has 2 aromatic carbocycles. The summed E-state index contributed by atoms with van der Waals surface area (Å²) in [6, 6.07) is 15.6. The predicted molar refractivity (Wildman–Crippen MR) is 116 cm³/mol. The fourth-order valence-corrected chi connectivity index (χ4v) is 3.48. The number of Topliss-reactive ketones (excluding diaryl/α,β-unsaturated/α-hetero) is 1. The molecule has 1 atom stereocenters. The minimum Gasteiger partial charge on any atom is -0.507 e. The molecule has 6 nitrogen and oxygen atoms in total. The monoisotopic (exact) mass is 408 g/mol. The van der Waals surface area contributed by atoms with E-state index in [0.717, 1.165) is 17.7 Å². The minimum atomic E-state index is -0.661. The second-order valence-corrected chi connectivity index (χ2v) is 7.58. The van der Waals surface area contributed by atoms with E-state index < -0.39 is 17.7 Å². The van der Waals surface area contributed by atoms with Crippen molar-refractivity contribution in [2.24, 2.45) is 0 Å². The first-order valence-corrected chi connectivity index (χ1v) is 10.1. The van der Waals surface area contributed by atoms with Crippen LogP contribution in [0.1, 0.15) is 30.5 Å². The van der Waals surface area contributed by atoms with Crippen LogP contribution in [0.25, 0.3) is 5.76 Å². The van der Waals surface area contributed by atoms with Crippen molar-refractivity contribution in [2.45, 2.75) is 19.4 Å². The molecule has 1 N–H and O–H groups in total. The van der Waals surface area contributed by atoms with Gasteiger partial charge in [-0.05, 0) is 38.2 Å². The summed E-state index contributed by atoms with van der Waals surface area (Å²) in [5.74, 6) is -0.677. The zero-order valence-corrected chi connectivity index (χ0v) is 17.7. The van der Waals surface area contributed by atoms with E-state index >= 15 is 0 Å². The lowest BCUT2D eigenvalue weighted by molar-refractivity contribution is -0.140. The lowest BCUT2D eigenvalue weighted by Crippen LogP contribution is -2.35. The third-order valence-corrected chi connectivity index (χ3v) is 5.04. The van der Waals surface area contributed by atoms with Crippen LogP contribution in [0.15, 0.2) is 60.2 Å². The van der Waals surface area contributed by atoms with Gasteiger partial charge in [-0.15, -0.1) is 0 Å². The van der Waals surface area contributed by atoms with E-state index in [0.29, 0.717) is 25.3 Å². The van der Waals surface area contributed by atoms with Gasteiger partial charge in [0.25, 0.3) is 11.7 Å². The summed E-state index contributed by atoms with van der Waals surface area (Å²) in [4.78, 5) is 29.3. The Morgan fingerprint density at radius 2 is 1.73 bits per heavy atom. The number of hydrogen-bond acceptors (Lipinski definition) is 5. The van der Waals surface area contributed by atoms with Gasteiger partial charge in [0.15, 0.2) is 0 Å². The normalized spacial score (nSPS) is 18.3. The maximum Gasteiger partial charge on any atom is 0.295 e. The number of rotatable bonds is 8. The van der Waals surface area contributed by atoms with Gasteiger partial charge in [-0.1, -0.05) is 49.4 Å². The molecule has 1 amide bonds. The summed E-state index contributed by atoms with van der Waals surface area (Å²) in [6.45, 7) is 3.64. The largest absolute Gasteiger partial charge is 0.507 e. The van der Waals surface area contributed by atoms with Gasteiger partial charge in [0.2, 0.25) is 0 Å². The fraction of sp³-hybridized carbons (Fsp3) is 0.333. The van der Waals surface area contributed by atoms with Crippen LogP contribution in [-0.2, 0) is 9.59 Å². The van der Waals surface area contributed by atoms with Crippen LogP contribution in [0.2, 0.25) is 0 Å². The number of ether oxygens (including phenoxy) is 1. The Hall–Kier alpha value is -3.12. The average Bonchev–Trinajstić information content (AvgIpc) is 3.01. The molecule has 1 aliphatic heterocycles. The van der Waals surface area contributed by atoms with Crippen LogP contribution in [-0.4, -0.2) is 60.4 Å². The minimum absolute atomic E-state index is 0.118. The maximum absolute atomic E-state index is 12.9. The predicted octanol–water partition coefficient (Wildman–Crippen LogP) is 3.46. The van der Waals surface area contributed by atoms with Crippen LogP contribution in [0.4, 0.5) is 0 Å². The molecule has 1 saturated heterocycles. The molecule has 1 aliphatic rings. The van der Waals surface area contributed by atoms with Crippen LogP contribution in [0, 0.1) is 0 Å². The number of hydrogen-bond donors (Lipinski definition) is 1. The summed E-state index contributed by atoms with van der Waals surface area (Å²) in [7, 11) is 3.82. The van der Waals surface area contributed by atoms with Crippen molar-refractivity contribution in [1.29, 1.82) is 0 Å². The van der Waals surface area contributed by atoms with Crippen LogP contribution < -0.4 is 4.74 Å². The van der Waals surface area contributed by atoms with Gasteiger partial charge in [0.1, 0.15) is 11.5 Å². The van der Waals surface area contributed by atoms with Crippen molar-refractivity contribution in [3.05, 3.63) is 71.3 Å². The third kappa shape index (κ3) is 4.54. The fourth-order valence-electron chi connectivity index (χ4n) is 3.48. The van der Waals surface area contributed by atoms with Gasteiger partial charge < -0.3 is 19.6 Å². The number of ketones is 1. The van der Waals surface area contributed by atoms with Crippen LogP contribution >= 0.6 is 0 Å². The Morgan fingerprint density at radius 1 is 1.07 bits per heavy atom. The summed E-state index contributed by atoms with van der Waals surface area (Å²) in [5.41, 5.74) is 1.39. The number of aliphatic hydroxyl groups excluding tert-OH is 1. The Bertz CT molecular complexity index is 920. The van der Waals surface area contributed by atoms with Crippen molar-refractivity contribution in [2.75, 3.05) is 33.8 Å². The summed E-state index contributed by atoms with van der Waals surface area (Å²) in [6.07, 6.45) is 0.906. The number of likely N-dealkylation sites (N-methyl/N-ethyl adjacent to an activating group) is 1. The first-order chi connectivity index (χ1) is 14.4. The number of aliphatic hydroxyl groups is 1. The van der Waals surface area contributed by atoms with E-state index in [1.54, 1.807) is 29.2 Å². The summed E-state index contributed by atoms with van der Waals surface area (Å²) in [5, 5.41) is 11.0. The second-order valence-electron chi connectivity index (χ2n) is 7.58. The molecule has 1 fully saturated rings. The zero-order valence-electron chi connectivity index (χ0n) is 17.7. The van der Waals surface area contributed by atoms with Crippen molar-refractivity contribution in [1.82, 2.24) is 9.80 Å². The molecule has 6 heteroatoms. The van der Waals surface area contributed by atoms with E-state index in [4.69, 9.17) is 4.74 Å². The van der Waals surface area contributed by atoms with Crippen molar-refractivity contribution < 1.29 is 19.4 Å². The van der Waals surface area contributed by atoms with Gasteiger partial charge in [0.05, 0.1) is 18.2 Å². The SMILES string of the molecule is CCCOc1ccc([C@H]2/C(=C(\O)c3ccccc3)C(=O)C(=O)N2CCN(C)C)cc1. The number of nitrogens with zero attached hydrogens (tertiary/aromatic N) is 2. The number of benzene rings is 2. The lowest BCUT2D eigenvalue weighted by Gasteiger charge is -2.26. The van der Waals surface area contributed by atoms with Gasteiger partial charge in [-0.25, -0.2) is 0 Å². The number of likely N-dealkylation sites (tertiary alicyclic amines) is 1. The van der Waals surface area contributed by atoms with Gasteiger partial charge in [-0.3, -0.25) is 9.59 Å². The summed E-state index contributed by atoms with van der Waals surface area (Å²) < 4.78 is 5.65. The first kappa shape index (κ1) is 21.6. The molecule has 0 aromatic heterocycles. The van der Waals surface area contributed by atoms with Crippen LogP contribution in [0.5, 0.6) is 5.75 Å². The molecule has 0 radical (unpaired) electrons. The quantitative estimate of drug-likeness (QED) is 0.412. The maximum atomic E-state index is 12.9. The molecule has 0 aliphatic carbocycles. The molecule has 30 heavy (non-hydrogen) atoms. The highest BCUT2D eigenvalue weighted by Crippen LogP contribution is 2.39. The van der Waals surface area contributed by atoms with E-state index in [1.807, 2.05) is 56.3 Å². The van der Waals surface area contributed by atoms with E-state index in [9.17, 15) is 14.7 Å². The first-order valence-electron chi connectivity index (χ1n) is 10.1. The Morgan fingerprint density at radius 3 is 2.33 bits per heavy atom. The molecular formula is C24H28N2O4. The average molecular weight is 408 g/mol. The highest BCUT2D eigenvalue weighted by Gasteiger charge is 2.45. The van der Waals surface area contributed by atoms with Crippen molar-refractivity contribution in [3.63, 3.8) is 0 Å². The van der Waals surface area contributed by atoms with E-state index in [2.05, 4.69) is 0 Å². The Labute approximate surface area is 177 Å². The van der Waals surface area contributed by atoms with Gasteiger partial charge >= 0.3 is 0 Å². The molecule has 0 unspecified atom stereocenters. The second kappa shape index (κ2) is 9.59. The third-order valence-electron chi connectivity index (χ3n) is 5.04. The number of carbonyl (C=O) groups excluding carboxylic acids is 2. The van der Waals surface area contributed by atoms with Crippen molar-refractivity contribution >= 4 is 17.4 Å². The Balaban J connectivity index is 2.05. The molecule has 158 valence electrons. The lowest BCUT2D eigenvalue weighted by atomic mass is 9.95.